The number of carbonyl (C=O) groups excluding carboxylic acids is 3. The molecule has 0 aliphatic carbocycles. The third-order valence-electron chi connectivity index (χ3n) is 3.35. The van der Waals surface area contributed by atoms with Gasteiger partial charge in [-0.25, -0.2) is 9.78 Å². The molecule has 2 rings (SSSR count). The van der Waals surface area contributed by atoms with Crippen molar-refractivity contribution >= 4 is 17.9 Å². The summed E-state index contributed by atoms with van der Waals surface area (Å²) in [5.41, 5.74) is -0.639. The zero-order valence-corrected chi connectivity index (χ0v) is 13.9. The van der Waals surface area contributed by atoms with Gasteiger partial charge in [0.2, 0.25) is 0 Å². The first-order valence-electron chi connectivity index (χ1n) is 7.46. The highest BCUT2D eigenvalue weighted by atomic mass is 16.7. The van der Waals surface area contributed by atoms with E-state index in [1.807, 2.05) is 0 Å². The Balaban J connectivity index is 2.37. The van der Waals surface area contributed by atoms with E-state index in [4.69, 9.17) is 18.9 Å². The second-order valence-corrected chi connectivity index (χ2v) is 5.33. The molecule has 1 saturated heterocycles. The monoisotopic (exact) mass is 354 g/mol. The lowest BCUT2D eigenvalue weighted by atomic mass is 10.1. The minimum Gasteiger partial charge on any atom is -0.463 e. The maximum atomic E-state index is 12.0. The van der Waals surface area contributed by atoms with Crippen LogP contribution in [0.1, 0.15) is 27.0 Å². The Bertz CT molecular complexity index is 715. The summed E-state index contributed by atoms with van der Waals surface area (Å²) < 4.78 is 22.1. The van der Waals surface area contributed by atoms with Gasteiger partial charge >= 0.3 is 23.6 Å². The quantitative estimate of drug-likeness (QED) is 0.511. The molecule has 0 amide bonds. The van der Waals surface area contributed by atoms with E-state index in [0.29, 0.717) is 0 Å². The first-order valence-corrected chi connectivity index (χ1v) is 7.46. The van der Waals surface area contributed by atoms with Crippen LogP contribution in [0.15, 0.2) is 23.3 Å². The van der Waals surface area contributed by atoms with Crippen LogP contribution < -0.4 is 5.69 Å². The van der Waals surface area contributed by atoms with Crippen LogP contribution in [0.4, 0.5) is 0 Å². The fourth-order valence-corrected chi connectivity index (χ4v) is 2.48. The van der Waals surface area contributed by atoms with Crippen LogP contribution >= 0.6 is 0 Å². The van der Waals surface area contributed by atoms with Crippen LogP contribution in [0.2, 0.25) is 0 Å². The van der Waals surface area contributed by atoms with Gasteiger partial charge in [-0.2, -0.15) is 0 Å². The topological polar surface area (TPSA) is 123 Å². The molecule has 25 heavy (non-hydrogen) atoms. The molecule has 0 radical (unpaired) electrons. The summed E-state index contributed by atoms with van der Waals surface area (Å²) in [6, 6.07) is 1.50. The van der Waals surface area contributed by atoms with Crippen molar-refractivity contribution in [2.24, 2.45) is 0 Å². The van der Waals surface area contributed by atoms with Crippen molar-refractivity contribution in [1.29, 1.82) is 0 Å². The molecule has 1 aliphatic rings. The SMILES string of the molecule is CC(=O)OC[C@H]1O[C@@H](n2cccnc2=O)[C@@H](OC(C)=O)[C@@H]1OC(C)=O. The van der Waals surface area contributed by atoms with Gasteiger partial charge in [0.15, 0.2) is 18.4 Å². The third kappa shape index (κ3) is 4.63. The fourth-order valence-electron chi connectivity index (χ4n) is 2.48. The standard InChI is InChI=1S/C15H18N2O8/c1-8(18)22-7-11-12(23-9(2)19)13(24-10(3)20)14(25-11)17-6-4-5-16-15(17)21/h4-6,11-14H,7H2,1-3H3/t11-,12-,13+,14-/m1/s1. The van der Waals surface area contributed by atoms with Crippen molar-refractivity contribution in [3.63, 3.8) is 0 Å². The van der Waals surface area contributed by atoms with Gasteiger partial charge in [-0.1, -0.05) is 0 Å². The van der Waals surface area contributed by atoms with Crippen molar-refractivity contribution in [2.75, 3.05) is 6.61 Å². The Hall–Kier alpha value is -2.75. The summed E-state index contributed by atoms with van der Waals surface area (Å²) in [6.45, 7) is 3.32. The second-order valence-electron chi connectivity index (χ2n) is 5.33. The molecular weight excluding hydrogens is 336 g/mol. The molecule has 1 fully saturated rings. The van der Waals surface area contributed by atoms with E-state index < -0.39 is 48.1 Å². The Morgan fingerprint density at radius 1 is 1.12 bits per heavy atom. The van der Waals surface area contributed by atoms with Crippen molar-refractivity contribution in [1.82, 2.24) is 9.55 Å². The molecule has 10 heteroatoms. The molecule has 1 aromatic rings. The minimum atomic E-state index is -1.11. The molecule has 0 unspecified atom stereocenters. The number of hydrogen-bond donors (Lipinski definition) is 0. The predicted octanol–water partition coefficient (Wildman–Crippen LogP) is -0.433. The molecule has 0 bridgehead atoms. The molecule has 1 aliphatic heterocycles. The summed E-state index contributed by atoms with van der Waals surface area (Å²) >= 11 is 0. The van der Waals surface area contributed by atoms with E-state index in [-0.39, 0.29) is 6.61 Å². The van der Waals surface area contributed by atoms with Crippen LogP contribution in [0, 0.1) is 0 Å². The largest absolute Gasteiger partial charge is 0.463 e. The lowest BCUT2D eigenvalue weighted by molar-refractivity contribution is -0.166. The van der Waals surface area contributed by atoms with E-state index in [1.54, 1.807) is 0 Å². The normalized spacial score (nSPS) is 25.2. The molecule has 0 saturated carbocycles. The summed E-state index contributed by atoms with van der Waals surface area (Å²) in [4.78, 5) is 49.5. The Labute approximate surface area is 142 Å². The maximum Gasteiger partial charge on any atom is 0.349 e. The van der Waals surface area contributed by atoms with Gasteiger partial charge in [-0.15, -0.1) is 0 Å². The number of carbonyl (C=O) groups is 3. The van der Waals surface area contributed by atoms with E-state index in [0.717, 1.165) is 4.57 Å². The first kappa shape index (κ1) is 18.6. The Kier molecular flexibility index (Phi) is 5.86. The number of rotatable bonds is 5. The average Bonchev–Trinajstić information content (AvgIpc) is 2.82. The van der Waals surface area contributed by atoms with Crippen LogP contribution in [0.5, 0.6) is 0 Å². The van der Waals surface area contributed by atoms with Gasteiger partial charge in [-0.05, 0) is 6.07 Å². The van der Waals surface area contributed by atoms with E-state index >= 15 is 0 Å². The number of esters is 3. The summed E-state index contributed by atoms with van der Waals surface area (Å²) in [5, 5.41) is 0. The van der Waals surface area contributed by atoms with Crippen LogP contribution in [0.25, 0.3) is 0 Å². The van der Waals surface area contributed by atoms with Crippen molar-refractivity contribution in [3.8, 4) is 0 Å². The smallest absolute Gasteiger partial charge is 0.349 e. The number of ether oxygens (including phenoxy) is 4. The van der Waals surface area contributed by atoms with E-state index in [1.165, 1.54) is 39.2 Å². The number of nitrogens with zero attached hydrogens (tertiary/aromatic N) is 2. The fraction of sp³-hybridized carbons (Fsp3) is 0.533. The van der Waals surface area contributed by atoms with Gasteiger partial charge < -0.3 is 18.9 Å². The number of aromatic nitrogens is 2. The third-order valence-corrected chi connectivity index (χ3v) is 3.35. The van der Waals surface area contributed by atoms with Gasteiger partial charge in [0.1, 0.15) is 12.7 Å². The average molecular weight is 354 g/mol. The van der Waals surface area contributed by atoms with E-state index in [9.17, 15) is 19.2 Å². The van der Waals surface area contributed by atoms with Gasteiger partial charge in [-0.3, -0.25) is 19.0 Å². The molecule has 10 nitrogen and oxygen atoms in total. The second kappa shape index (κ2) is 7.88. The highest BCUT2D eigenvalue weighted by Gasteiger charge is 2.50. The van der Waals surface area contributed by atoms with Crippen molar-refractivity contribution in [2.45, 2.75) is 45.3 Å². The zero-order valence-electron chi connectivity index (χ0n) is 13.9. The lowest BCUT2D eigenvalue weighted by Crippen LogP contribution is -2.41. The molecule has 136 valence electrons. The molecule has 1 aromatic heterocycles. The zero-order chi connectivity index (χ0) is 18.6. The van der Waals surface area contributed by atoms with Crippen LogP contribution in [-0.2, 0) is 33.3 Å². The predicted molar refractivity (Wildman–Crippen MR) is 80.1 cm³/mol. The minimum absolute atomic E-state index is 0.240. The maximum absolute atomic E-state index is 12.0. The van der Waals surface area contributed by atoms with Gasteiger partial charge in [0, 0.05) is 33.2 Å². The number of hydrogen-bond acceptors (Lipinski definition) is 9. The van der Waals surface area contributed by atoms with Gasteiger partial charge in [0.25, 0.3) is 0 Å². The molecular formula is C15H18N2O8. The summed E-state index contributed by atoms with van der Waals surface area (Å²) in [5.74, 6) is -1.85. The van der Waals surface area contributed by atoms with Crippen molar-refractivity contribution < 1.29 is 33.3 Å². The summed E-state index contributed by atoms with van der Waals surface area (Å²) in [6.07, 6.45) is -1.48. The van der Waals surface area contributed by atoms with Crippen molar-refractivity contribution in [3.05, 3.63) is 28.9 Å². The van der Waals surface area contributed by atoms with E-state index in [2.05, 4.69) is 4.98 Å². The molecule has 0 N–H and O–H groups in total. The highest BCUT2D eigenvalue weighted by Crippen LogP contribution is 2.33. The molecule has 0 aromatic carbocycles. The molecule has 4 atom stereocenters. The first-order chi connectivity index (χ1) is 11.8. The van der Waals surface area contributed by atoms with Crippen LogP contribution in [-0.4, -0.2) is 52.4 Å². The highest BCUT2D eigenvalue weighted by molar-refractivity contribution is 5.67. The molecule has 0 spiro atoms. The Morgan fingerprint density at radius 2 is 1.76 bits per heavy atom. The lowest BCUT2D eigenvalue weighted by Gasteiger charge is -2.23. The molecule has 2 heterocycles. The Morgan fingerprint density at radius 3 is 2.32 bits per heavy atom. The van der Waals surface area contributed by atoms with Gasteiger partial charge in [0.05, 0.1) is 0 Å². The summed E-state index contributed by atoms with van der Waals surface area (Å²) in [7, 11) is 0. The van der Waals surface area contributed by atoms with Crippen LogP contribution in [0.3, 0.4) is 0 Å².